The van der Waals surface area contributed by atoms with Crippen LogP contribution in [0.1, 0.15) is 12.8 Å². The van der Waals surface area contributed by atoms with E-state index >= 15 is 0 Å². The van der Waals surface area contributed by atoms with E-state index in [1.807, 2.05) is 11.8 Å². The van der Waals surface area contributed by atoms with Gasteiger partial charge in [-0.3, -0.25) is 0 Å². The second-order valence-electron chi connectivity index (χ2n) is 3.32. The Morgan fingerprint density at radius 1 is 1.14 bits per heavy atom. The van der Waals surface area contributed by atoms with Crippen LogP contribution in [-0.4, -0.2) is 51.1 Å². The molecule has 4 heteroatoms. The monoisotopic (exact) mass is 220 g/mol. The molecule has 1 aliphatic heterocycles. The van der Waals surface area contributed by atoms with Crippen molar-refractivity contribution in [1.29, 1.82) is 0 Å². The summed E-state index contributed by atoms with van der Waals surface area (Å²) in [4.78, 5) is 0. The number of ether oxygens (including phenoxy) is 3. The third-order valence-electron chi connectivity index (χ3n) is 2.13. The summed E-state index contributed by atoms with van der Waals surface area (Å²) in [6.45, 7) is 3.61. The van der Waals surface area contributed by atoms with Crippen LogP contribution >= 0.6 is 11.8 Å². The van der Waals surface area contributed by atoms with Gasteiger partial charge in [0.05, 0.1) is 33.0 Å². The zero-order valence-corrected chi connectivity index (χ0v) is 9.68. The molecule has 14 heavy (non-hydrogen) atoms. The van der Waals surface area contributed by atoms with E-state index in [9.17, 15) is 0 Å². The van der Waals surface area contributed by atoms with E-state index < -0.39 is 0 Å². The van der Waals surface area contributed by atoms with Gasteiger partial charge in [0, 0.05) is 12.4 Å². The van der Waals surface area contributed by atoms with E-state index in [1.54, 1.807) is 7.11 Å². The van der Waals surface area contributed by atoms with Gasteiger partial charge in [-0.05, 0) is 18.6 Å². The fraction of sp³-hybridized carbons (Fsp3) is 1.00. The predicted octanol–water partition coefficient (Wildman–Crippen LogP) is 1.56. The number of hydrogen-bond acceptors (Lipinski definition) is 4. The summed E-state index contributed by atoms with van der Waals surface area (Å²) in [6, 6.07) is 0. The minimum atomic E-state index is 0.665. The highest BCUT2D eigenvalue weighted by molar-refractivity contribution is 8.00. The Morgan fingerprint density at radius 2 is 1.93 bits per heavy atom. The van der Waals surface area contributed by atoms with Crippen molar-refractivity contribution in [2.24, 2.45) is 0 Å². The molecule has 0 aromatic carbocycles. The topological polar surface area (TPSA) is 27.7 Å². The maximum Gasteiger partial charge on any atom is 0.0701 e. The van der Waals surface area contributed by atoms with Crippen LogP contribution < -0.4 is 0 Å². The fourth-order valence-electron chi connectivity index (χ4n) is 1.35. The average molecular weight is 220 g/mol. The Labute approximate surface area is 90.5 Å². The van der Waals surface area contributed by atoms with Crippen LogP contribution in [0.3, 0.4) is 0 Å². The normalized spacial score (nSPS) is 21.6. The number of rotatable bonds is 8. The Hall–Kier alpha value is 0.230. The van der Waals surface area contributed by atoms with Gasteiger partial charge in [0.25, 0.3) is 0 Å². The molecule has 0 amide bonds. The maximum atomic E-state index is 5.51. The molecule has 1 fully saturated rings. The molecule has 0 spiro atoms. The first kappa shape index (κ1) is 12.3. The van der Waals surface area contributed by atoms with Crippen LogP contribution in [0.2, 0.25) is 0 Å². The molecule has 3 nitrogen and oxygen atoms in total. The van der Waals surface area contributed by atoms with E-state index in [1.165, 1.54) is 18.6 Å². The third-order valence-corrected chi connectivity index (χ3v) is 3.50. The Morgan fingerprint density at radius 3 is 2.64 bits per heavy atom. The smallest absolute Gasteiger partial charge is 0.0701 e. The summed E-state index contributed by atoms with van der Waals surface area (Å²) >= 11 is 2.03. The van der Waals surface area contributed by atoms with Gasteiger partial charge >= 0.3 is 0 Å². The minimum Gasteiger partial charge on any atom is -0.382 e. The average Bonchev–Trinajstić information content (AvgIpc) is 2.69. The van der Waals surface area contributed by atoms with Gasteiger partial charge in [-0.15, -0.1) is 0 Å². The van der Waals surface area contributed by atoms with E-state index in [4.69, 9.17) is 14.2 Å². The molecule has 1 heterocycles. The van der Waals surface area contributed by atoms with Crippen LogP contribution in [0.4, 0.5) is 0 Å². The molecule has 1 saturated heterocycles. The first-order chi connectivity index (χ1) is 6.93. The summed E-state index contributed by atoms with van der Waals surface area (Å²) in [5.74, 6) is 1.30. The zero-order valence-electron chi connectivity index (χ0n) is 8.87. The largest absolute Gasteiger partial charge is 0.382 e. The van der Waals surface area contributed by atoms with Crippen molar-refractivity contribution in [1.82, 2.24) is 0 Å². The standard InChI is InChI=1S/C10H20O3S/c1-11-4-5-12-6-7-13-9-10-3-2-8-14-10/h10H,2-9H2,1H3. The van der Waals surface area contributed by atoms with Gasteiger partial charge < -0.3 is 14.2 Å². The van der Waals surface area contributed by atoms with Gasteiger partial charge in [0.2, 0.25) is 0 Å². The molecule has 0 bridgehead atoms. The summed E-state index contributed by atoms with van der Waals surface area (Å²) in [5, 5.41) is 0.731. The van der Waals surface area contributed by atoms with Crippen molar-refractivity contribution in [3.8, 4) is 0 Å². The van der Waals surface area contributed by atoms with Crippen LogP contribution in [0, 0.1) is 0 Å². The second-order valence-corrected chi connectivity index (χ2v) is 4.72. The number of thioether (sulfide) groups is 1. The minimum absolute atomic E-state index is 0.665. The summed E-state index contributed by atoms with van der Waals surface area (Å²) < 4.78 is 15.7. The SMILES string of the molecule is COCCOCCOCC1CCCS1. The Kier molecular flexibility index (Phi) is 7.50. The van der Waals surface area contributed by atoms with Crippen molar-refractivity contribution < 1.29 is 14.2 Å². The lowest BCUT2D eigenvalue weighted by atomic mass is 10.3. The molecule has 1 unspecified atom stereocenters. The summed E-state index contributed by atoms with van der Waals surface area (Å²) in [7, 11) is 1.68. The predicted molar refractivity (Wildman–Crippen MR) is 59.0 cm³/mol. The molecular weight excluding hydrogens is 200 g/mol. The maximum absolute atomic E-state index is 5.51. The molecule has 0 N–H and O–H groups in total. The molecule has 0 radical (unpaired) electrons. The molecule has 0 aromatic rings. The first-order valence-corrected chi connectivity index (χ1v) is 6.24. The van der Waals surface area contributed by atoms with Crippen molar-refractivity contribution in [2.75, 3.05) is 45.9 Å². The van der Waals surface area contributed by atoms with Gasteiger partial charge in [0.15, 0.2) is 0 Å². The van der Waals surface area contributed by atoms with E-state index in [0.717, 1.165) is 11.9 Å². The number of hydrogen-bond donors (Lipinski definition) is 0. The number of methoxy groups -OCH3 is 1. The van der Waals surface area contributed by atoms with Crippen LogP contribution in [0.5, 0.6) is 0 Å². The van der Waals surface area contributed by atoms with Crippen LogP contribution in [-0.2, 0) is 14.2 Å². The molecule has 1 atom stereocenters. The molecule has 1 rings (SSSR count). The van der Waals surface area contributed by atoms with Crippen LogP contribution in [0.25, 0.3) is 0 Å². The van der Waals surface area contributed by atoms with Crippen molar-refractivity contribution in [3.05, 3.63) is 0 Å². The summed E-state index contributed by atoms with van der Waals surface area (Å²) in [6.07, 6.45) is 2.66. The highest BCUT2D eigenvalue weighted by atomic mass is 32.2. The Bertz CT molecular complexity index is 127. The first-order valence-electron chi connectivity index (χ1n) is 5.19. The van der Waals surface area contributed by atoms with Crippen molar-refractivity contribution >= 4 is 11.8 Å². The second kappa shape index (κ2) is 8.53. The van der Waals surface area contributed by atoms with E-state index in [2.05, 4.69) is 0 Å². The lowest BCUT2D eigenvalue weighted by molar-refractivity contribution is 0.0251. The molecule has 1 aliphatic rings. The van der Waals surface area contributed by atoms with Gasteiger partial charge in [-0.25, -0.2) is 0 Å². The van der Waals surface area contributed by atoms with Gasteiger partial charge in [-0.1, -0.05) is 0 Å². The van der Waals surface area contributed by atoms with Crippen LogP contribution in [0.15, 0.2) is 0 Å². The highest BCUT2D eigenvalue weighted by Gasteiger charge is 2.14. The fourth-order valence-corrected chi connectivity index (χ4v) is 2.55. The van der Waals surface area contributed by atoms with Gasteiger partial charge in [0.1, 0.15) is 0 Å². The molecular formula is C10H20O3S. The lowest BCUT2D eigenvalue weighted by Gasteiger charge is -2.09. The molecule has 84 valence electrons. The highest BCUT2D eigenvalue weighted by Crippen LogP contribution is 2.25. The Balaban J connectivity index is 1.75. The van der Waals surface area contributed by atoms with Crippen molar-refractivity contribution in [3.63, 3.8) is 0 Å². The molecule has 0 saturated carbocycles. The molecule has 0 aliphatic carbocycles. The summed E-state index contributed by atoms with van der Waals surface area (Å²) in [5.41, 5.74) is 0. The van der Waals surface area contributed by atoms with Gasteiger partial charge in [-0.2, -0.15) is 11.8 Å². The lowest BCUT2D eigenvalue weighted by Crippen LogP contribution is -2.13. The zero-order chi connectivity index (χ0) is 10.1. The van der Waals surface area contributed by atoms with E-state index in [-0.39, 0.29) is 0 Å². The molecule has 0 aromatic heterocycles. The van der Waals surface area contributed by atoms with Crippen molar-refractivity contribution in [2.45, 2.75) is 18.1 Å². The van der Waals surface area contributed by atoms with E-state index in [0.29, 0.717) is 26.4 Å². The third kappa shape index (κ3) is 5.86. The quantitative estimate of drug-likeness (QED) is 0.580.